The van der Waals surface area contributed by atoms with Crippen LogP contribution in [0.1, 0.15) is 37.4 Å². The summed E-state index contributed by atoms with van der Waals surface area (Å²) in [4.78, 5) is 26.1. The van der Waals surface area contributed by atoms with Crippen molar-refractivity contribution in [3.63, 3.8) is 0 Å². The molecule has 118 valence electrons. The second kappa shape index (κ2) is 7.79. The van der Waals surface area contributed by atoms with Crippen molar-refractivity contribution in [3.8, 4) is 0 Å². The minimum absolute atomic E-state index is 0.142. The number of hydrogen-bond donors (Lipinski definition) is 1. The summed E-state index contributed by atoms with van der Waals surface area (Å²) in [5, 5.41) is 4.65. The molecule has 1 heterocycles. The lowest BCUT2D eigenvalue weighted by Gasteiger charge is -2.26. The molecule has 0 aromatic carbocycles. The van der Waals surface area contributed by atoms with E-state index in [-0.39, 0.29) is 12.0 Å². The second-order valence-electron chi connectivity index (χ2n) is 5.41. The number of halogens is 1. The van der Waals surface area contributed by atoms with E-state index in [1.807, 2.05) is 39.1 Å². The van der Waals surface area contributed by atoms with Gasteiger partial charge >= 0.3 is 6.09 Å². The highest BCUT2D eigenvalue weighted by atomic mass is 79.9. The lowest BCUT2D eigenvalue weighted by atomic mass is 10.2. The summed E-state index contributed by atoms with van der Waals surface area (Å²) in [6, 6.07) is 1.83. The van der Waals surface area contributed by atoms with Crippen LogP contribution < -0.4 is 5.32 Å². The maximum Gasteiger partial charge on any atom is 0.410 e. The zero-order valence-electron chi connectivity index (χ0n) is 12.7. The van der Waals surface area contributed by atoms with Crippen LogP contribution in [0.5, 0.6) is 0 Å². The molecule has 2 amide bonds. The molecule has 1 aromatic rings. The number of likely N-dealkylation sites (N-methyl/N-ethyl adjacent to an activating group) is 1. The Labute approximate surface area is 137 Å². The number of hydrogen-bond acceptors (Lipinski definition) is 4. The summed E-state index contributed by atoms with van der Waals surface area (Å²) in [5.74, 6) is -0.142. The fourth-order valence-corrected chi connectivity index (χ4v) is 3.01. The minimum atomic E-state index is -0.518. The number of ether oxygens (including phenoxy) is 1. The molecule has 0 radical (unpaired) electrons. The first-order valence-corrected chi connectivity index (χ1v) is 8.41. The number of amides is 2. The lowest BCUT2D eigenvalue weighted by Crippen LogP contribution is -2.41. The fourth-order valence-electron chi connectivity index (χ4n) is 1.55. The average Bonchev–Trinajstić information content (AvgIpc) is 2.78. The minimum Gasteiger partial charge on any atom is -0.444 e. The monoisotopic (exact) mass is 376 g/mol. The van der Waals surface area contributed by atoms with Gasteiger partial charge < -0.3 is 15.0 Å². The molecular formula is C14H21BrN2O3S. The number of nitrogens with zero attached hydrogens (tertiary/aromatic N) is 1. The van der Waals surface area contributed by atoms with Crippen molar-refractivity contribution in [1.82, 2.24) is 10.2 Å². The molecule has 0 fully saturated rings. The summed E-state index contributed by atoms with van der Waals surface area (Å²) >= 11 is 4.69. The molecule has 5 nitrogen and oxygen atoms in total. The van der Waals surface area contributed by atoms with Gasteiger partial charge in [0.1, 0.15) is 10.5 Å². The Bertz CT molecular complexity index is 497. The molecule has 21 heavy (non-hydrogen) atoms. The van der Waals surface area contributed by atoms with Crippen LogP contribution in [-0.2, 0) is 4.74 Å². The summed E-state index contributed by atoms with van der Waals surface area (Å²) in [7, 11) is 0. The fraction of sp³-hybridized carbons (Fsp3) is 0.571. The molecule has 0 bridgehead atoms. The van der Waals surface area contributed by atoms with Gasteiger partial charge in [-0.15, -0.1) is 11.3 Å². The van der Waals surface area contributed by atoms with Crippen LogP contribution in [0.25, 0.3) is 0 Å². The van der Waals surface area contributed by atoms with E-state index in [9.17, 15) is 9.59 Å². The number of carbonyl (C=O) groups is 2. The molecule has 0 aliphatic carbocycles. The van der Waals surface area contributed by atoms with Gasteiger partial charge in [0, 0.05) is 24.1 Å². The van der Waals surface area contributed by atoms with Gasteiger partial charge in [-0.25, -0.2) is 4.79 Å². The van der Waals surface area contributed by atoms with Gasteiger partial charge in [-0.2, -0.15) is 0 Å². The normalized spacial score (nSPS) is 11.1. The summed E-state index contributed by atoms with van der Waals surface area (Å²) < 4.78 is 6.09. The Hall–Kier alpha value is -1.08. The van der Waals surface area contributed by atoms with Crippen LogP contribution in [0.15, 0.2) is 15.9 Å². The van der Waals surface area contributed by atoms with E-state index in [2.05, 4.69) is 21.2 Å². The third kappa shape index (κ3) is 6.05. The summed E-state index contributed by atoms with van der Waals surface area (Å²) in [5.41, 5.74) is -0.518. The first kappa shape index (κ1) is 18.0. The Morgan fingerprint density at radius 2 is 2.10 bits per heavy atom. The summed E-state index contributed by atoms with van der Waals surface area (Å²) in [6.07, 6.45) is -0.364. The Balaban J connectivity index is 2.44. The van der Waals surface area contributed by atoms with Gasteiger partial charge in [0.2, 0.25) is 0 Å². The third-order valence-electron chi connectivity index (χ3n) is 2.52. The Morgan fingerprint density at radius 3 is 2.57 bits per heavy atom. The standard InChI is InChI=1S/C14H21BrN2O3S/c1-5-17(13(19)20-14(2,3)4)8-7-16-12(18)11-10(15)6-9-21-11/h6,9H,5,7-8H2,1-4H3,(H,16,18). The largest absolute Gasteiger partial charge is 0.444 e. The first-order valence-electron chi connectivity index (χ1n) is 6.73. The third-order valence-corrected chi connectivity index (χ3v) is 4.36. The van der Waals surface area contributed by atoms with Crippen LogP contribution in [0.3, 0.4) is 0 Å². The van der Waals surface area contributed by atoms with Crippen molar-refractivity contribution >= 4 is 39.3 Å². The molecular weight excluding hydrogens is 356 g/mol. The van der Waals surface area contributed by atoms with Crippen LogP contribution in [0.4, 0.5) is 4.79 Å². The van der Waals surface area contributed by atoms with E-state index in [4.69, 9.17) is 4.74 Å². The Kier molecular flexibility index (Phi) is 6.67. The van der Waals surface area contributed by atoms with Crippen LogP contribution in [0, 0.1) is 0 Å². The predicted molar refractivity (Wildman–Crippen MR) is 87.8 cm³/mol. The van der Waals surface area contributed by atoms with Crippen molar-refractivity contribution in [1.29, 1.82) is 0 Å². The number of carbonyl (C=O) groups excluding carboxylic acids is 2. The molecule has 0 aliphatic rings. The van der Waals surface area contributed by atoms with E-state index in [0.717, 1.165) is 4.47 Å². The van der Waals surface area contributed by atoms with E-state index < -0.39 is 5.60 Å². The van der Waals surface area contributed by atoms with E-state index in [0.29, 0.717) is 24.5 Å². The number of rotatable bonds is 5. The molecule has 7 heteroatoms. The van der Waals surface area contributed by atoms with E-state index in [1.54, 1.807) is 4.90 Å². The maximum atomic E-state index is 11.9. The smallest absolute Gasteiger partial charge is 0.410 e. The number of nitrogens with one attached hydrogen (secondary N) is 1. The zero-order chi connectivity index (χ0) is 16.0. The van der Waals surface area contributed by atoms with E-state index >= 15 is 0 Å². The predicted octanol–water partition coefficient (Wildman–Crippen LogP) is 3.50. The van der Waals surface area contributed by atoms with Gasteiger partial charge in [0.15, 0.2) is 0 Å². The highest BCUT2D eigenvalue weighted by molar-refractivity contribution is 9.10. The Morgan fingerprint density at radius 1 is 1.43 bits per heavy atom. The second-order valence-corrected chi connectivity index (χ2v) is 7.18. The molecule has 0 saturated heterocycles. The van der Waals surface area contributed by atoms with Crippen LogP contribution in [-0.4, -0.2) is 42.1 Å². The van der Waals surface area contributed by atoms with Crippen molar-refractivity contribution < 1.29 is 14.3 Å². The van der Waals surface area contributed by atoms with Gasteiger partial charge in [-0.3, -0.25) is 4.79 Å². The van der Waals surface area contributed by atoms with Crippen LogP contribution >= 0.6 is 27.3 Å². The molecule has 1 rings (SSSR count). The molecule has 0 unspecified atom stereocenters. The highest BCUT2D eigenvalue weighted by Crippen LogP contribution is 2.22. The van der Waals surface area contributed by atoms with Crippen molar-refractivity contribution in [3.05, 3.63) is 20.8 Å². The van der Waals surface area contributed by atoms with Gasteiger partial charge in [0.25, 0.3) is 5.91 Å². The topological polar surface area (TPSA) is 58.6 Å². The molecule has 1 N–H and O–H groups in total. The molecule has 0 saturated carbocycles. The van der Waals surface area contributed by atoms with Gasteiger partial charge in [0.05, 0.1) is 0 Å². The van der Waals surface area contributed by atoms with Gasteiger partial charge in [-0.1, -0.05) is 0 Å². The van der Waals surface area contributed by atoms with Crippen molar-refractivity contribution in [2.75, 3.05) is 19.6 Å². The SMILES string of the molecule is CCN(CCNC(=O)c1sccc1Br)C(=O)OC(C)(C)C. The van der Waals surface area contributed by atoms with Crippen LogP contribution in [0.2, 0.25) is 0 Å². The molecule has 1 aromatic heterocycles. The number of thiophene rings is 1. The highest BCUT2D eigenvalue weighted by Gasteiger charge is 2.21. The lowest BCUT2D eigenvalue weighted by molar-refractivity contribution is 0.0261. The summed E-state index contributed by atoms with van der Waals surface area (Å²) in [6.45, 7) is 8.70. The van der Waals surface area contributed by atoms with Crippen molar-refractivity contribution in [2.24, 2.45) is 0 Å². The molecule has 0 atom stereocenters. The first-order chi connectivity index (χ1) is 9.74. The maximum absolute atomic E-state index is 11.9. The average molecular weight is 377 g/mol. The van der Waals surface area contributed by atoms with E-state index in [1.165, 1.54) is 11.3 Å². The quantitative estimate of drug-likeness (QED) is 0.855. The zero-order valence-corrected chi connectivity index (χ0v) is 15.1. The molecule has 0 spiro atoms. The van der Waals surface area contributed by atoms with Gasteiger partial charge in [-0.05, 0) is 55.1 Å². The van der Waals surface area contributed by atoms with Crippen molar-refractivity contribution in [2.45, 2.75) is 33.3 Å². The molecule has 0 aliphatic heterocycles.